The van der Waals surface area contributed by atoms with Gasteiger partial charge in [-0.25, -0.2) is 14.4 Å². The summed E-state index contributed by atoms with van der Waals surface area (Å²) in [5.41, 5.74) is 1.24. The summed E-state index contributed by atoms with van der Waals surface area (Å²) < 4.78 is 19.3. The number of rotatable bonds is 5. The van der Waals surface area contributed by atoms with Crippen LogP contribution in [-0.2, 0) is 12.1 Å². The molecular weight excluding hydrogens is 369 g/mol. The maximum Gasteiger partial charge on any atom is 0.159 e. The maximum atomic E-state index is 14.1. The van der Waals surface area contributed by atoms with E-state index in [9.17, 15) is 9.50 Å². The van der Waals surface area contributed by atoms with E-state index < -0.39 is 5.60 Å². The van der Waals surface area contributed by atoms with Gasteiger partial charge in [-0.15, -0.1) is 0 Å². The zero-order chi connectivity index (χ0) is 20.3. The van der Waals surface area contributed by atoms with Gasteiger partial charge in [-0.05, 0) is 43.2 Å². The summed E-state index contributed by atoms with van der Waals surface area (Å²) in [6, 6.07) is 14.1. The van der Waals surface area contributed by atoms with Crippen molar-refractivity contribution < 1.29 is 14.2 Å². The maximum absolute atomic E-state index is 14.1. The van der Waals surface area contributed by atoms with E-state index >= 15 is 0 Å². The normalized spacial score (nSPS) is 16.5. The summed E-state index contributed by atoms with van der Waals surface area (Å²) in [5, 5.41) is 10.9. The van der Waals surface area contributed by atoms with Crippen molar-refractivity contribution in [2.75, 3.05) is 20.2 Å². The van der Waals surface area contributed by atoms with Crippen LogP contribution < -0.4 is 4.74 Å². The molecule has 4 rings (SSSR count). The van der Waals surface area contributed by atoms with Crippen molar-refractivity contribution in [1.29, 1.82) is 0 Å². The van der Waals surface area contributed by atoms with E-state index in [0.29, 0.717) is 43.9 Å². The number of halogens is 1. The van der Waals surface area contributed by atoms with E-state index in [0.717, 1.165) is 16.9 Å². The number of aliphatic hydroxyl groups is 1. The first-order valence-corrected chi connectivity index (χ1v) is 9.72. The molecule has 0 aliphatic carbocycles. The highest BCUT2D eigenvalue weighted by Gasteiger charge is 2.35. The second-order valence-corrected chi connectivity index (χ2v) is 7.43. The molecule has 0 radical (unpaired) electrons. The summed E-state index contributed by atoms with van der Waals surface area (Å²) in [5.74, 6) is 1.13. The van der Waals surface area contributed by atoms with Crippen molar-refractivity contribution in [3.05, 3.63) is 77.9 Å². The third-order valence-corrected chi connectivity index (χ3v) is 5.52. The monoisotopic (exact) mass is 393 g/mol. The van der Waals surface area contributed by atoms with Gasteiger partial charge in [-0.3, -0.25) is 4.90 Å². The fraction of sp³-hybridized carbons (Fsp3) is 0.304. The van der Waals surface area contributed by atoms with Crippen molar-refractivity contribution >= 4 is 0 Å². The Morgan fingerprint density at radius 1 is 1.03 bits per heavy atom. The first-order valence-electron chi connectivity index (χ1n) is 9.72. The lowest BCUT2D eigenvalue weighted by atomic mass is 9.84. The van der Waals surface area contributed by atoms with Gasteiger partial charge < -0.3 is 9.84 Å². The third-order valence-electron chi connectivity index (χ3n) is 5.52. The largest absolute Gasteiger partial charge is 0.497 e. The van der Waals surface area contributed by atoms with Gasteiger partial charge in [0.25, 0.3) is 0 Å². The number of piperidine rings is 1. The molecule has 0 bridgehead atoms. The van der Waals surface area contributed by atoms with E-state index in [2.05, 4.69) is 14.9 Å². The molecule has 29 heavy (non-hydrogen) atoms. The fourth-order valence-corrected chi connectivity index (χ4v) is 3.77. The molecule has 5 nitrogen and oxygen atoms in total. The Hall–Kier alpha value is -2.83. The molecule has 1 aliphatic rings. The Balaban J connectivity index is 1.37. The lowest BCUT2D eigenvalue weighted by Crippen LogP contribution is -2.42. The van der Waals surface area contributed by atoms with Gasteiger partial charge in [0.2, 0.25) is 0 Å². The van der Waals surface area contributed by atoms with Crippen LogP contribution in [0.15, 0.2) is 60.9 Å². The van der Waals surface area contributed by atoms with Gasteiger partial charge in [0, 0.05) is 48.7 Å². The number of hydrogen-bond acceptors (Lipinski definition) is 5. The smallest absolute Gasteiger partial charge is 0.159 e. The van der Waals surface area contributed by atoms with Crippen LogP contribution in [0.3, 0.4) is 0 Å². The van der Waals surface area contributed by atoms with Crippen LogP contribution in [0.1, 0.15) is 24.0 Å². The predicted molar refractivity (Wildman–Crippen MR) is 109 cm³/mol. The van der Waals surface area contributed by atoms with E-state index in [4.69, 9.17) is 4.74 Å². The standard InChI is InChI=1S/C23H24FN3O2/c1-29-19-8-6-18(7-9-19)22-25-14-17(15-26-22)16-27-12-10-23(28,11-13-27)20-4-2-3-5-21(20)24/h2-9,14-15,28H,10-13,16H2,1H3. The molecule has 3 aromatic rings. The zero-order valence-corrected chi connectivity index (χ0v) is 16.4. The number of ether oxygens (including phenoxy) is 1. The summed E-state index contributed by atoms with van der Waals surface area (Å²) in [7, 11) is 1.64. The summed E-state index contributed by atoms with van der Waals surface area (Å²) in [6.45, 7) is 2.08. The lowest BCUT2D eigenvalue weighted by molar-refractivity contribution is -0.0303. The van der Waals surface area contributed by atoms with Gasteiger partial charge >= 0.3 is 0 Å². The van der Waals surface area contributed by atoms with Crippen LogP contribution in [-0.4, -0.2) is 40.2 Å². The van der Waals surface area contributed by atoms with Crippen molar-refractivity contribution in [3.8, 4) is 17.1 Å². The molecule has 0 unspecified atom stereocenters. The van der Waals surface area contributed by atoms with Crippen LogP contribution in [0, 0.1) is 5.82 Å². The minimum Gasteiger partial charge on any atom is -0.497 e. The molecule has 1 aromatic heterocycles. The highest BCUT2D eigenvalue weighted by Crippen LogP contribution is 2.34. The quantitative estimate of drug-likeness (QED) is 0.715. The molecule has 150 valence electrons. The number of benzene rings is 2. The molecule has 6 heteroatoms. The van der Waals surface area contributed by atoms with Gasteiger partial charge in [-0.1, -0.05) is 18.2 Å². The van der Waals surface area contributed by atoms with E-state index in [1.807, 2.05) is 36.7 Å². The molecule has 1 saturated heterocycles. The Morgan fingerprint density at radius 2 is 1.69 bits per heavy atom. The van der Waals surface area contributed by atoms with Gasteiger partial charge in [-0.2, -0.15) is 0 Å². The van der Waals surface area contributed by atoms with Crippen molar-refractivity contribution in [2.45, 2.75) is 25.0 Å². The molecule has 0 saturated carbocycles. The van der Waals surface area contributed by atoms with Crippen molar-refractivity contribution in [1.82, 2.24) is 14.9 Å². The molecule has 2 heterocycles. The highest BCUT2D eigenvalue weighted by atomic mass is 19.1. The highest BCUT2D eigenvalue weighted by molar-refractivity contribution is 5.55. The van der Waals surface area contributed by atoms with Crippen LogP contribution in [0.4, 0.5) is 4.39 Å². The number of aromatic nitrogens is 2. The minimum atomic E-state index is -1.10. The Morgan fingerprint density at radius 3 is 2.31 bits per heavy atom. The Kier molecular flexibility index (Phi) is 5.56. The summed E-state index contributed by atoms with van der Waals surface area (Å²) in [4.78, 5) is 11.2. The van der Waals surface area contributed by atoms with Crippen LogP contribution in [0.5, 0.6) is 5.75 Å². The molecule has 1 fully saturated rings. The molecule has 2 aromatic carbocycles. The van der Waals surface area contributed by atoms with Gasteiger partial charge in [0.05, 0.1) is 12.7 Å². The summed E-state index contributed by atoms with van der Waals surface area (Å²) in [6.07, 6.45) is 4.67. The average Bonchev–Trinajstić information content (AvgIpc) is 2.76. The fourth-order valence-electron chi connectivity index (χ4n) is 3.77. The average molecular weight is 393 g/mol. The first-order chi connectivity index (χ1) is 14.1. The van der Waals surface area contributed by atoms with E-state index in [1.54, 1.807) is 25.3 Å². The molecular formula is C23H24FN3O2. The second kappa shape index (κ2) is 8.27. The van der Waals surface area contributed by atoms with Crippen LogP contribution >= 0.6 is 0 Å². The second-order valence-electron chi connectivity index (χ2n) is 7.43. The summed E-state index contributed by atoms with van der Waals surface area (Å²) >= 11 is 0. The number of likely N-dealkylation sites (tertiary alicyclic amines) is 1. The third kappa shape index (κ3) is 4.28. The molecule has 0 spiro atoms. The van der Waals surface area contributed by atoms with Crippen molar-refractivity contribution in [3.63, 3.8) is 0 Å². The van der Waals surface area contributed by atoms with Crippen LogP contribution in [0.25, 0.3) is 11.4 Å². The molecule has 1 N–H and O–H groups in total. The lowest BCUT2D eigenvalue weighted by Gasteiger charge is -2.38. The Bertz CT molecular complexity index is 953. The Labute approximate surface area is 169 Å². The number of nitrogens with zero attached hydrogens (tertiary/aromatic N) is 3. The first kappa shape index (κ1) is 19.5. The number of methoxy groups -OCH3 is 1. The zero-order valence-electron chi connectivity index (χ0n) is 16.4. The predicted octanol–water partition coefficient (Wildman–Crippen LogP) is 3.77. The number of hydrogen-bond donors (Lipinski definition) is 1. The topological polar surface area (TPSA) is 58.5 Å². The molecule has 0 amide bonds. The van der Waals surface area contributed by atoms with Crippen LogP contribution in [0.2, 0.25) is 0 Å². The van der Waals surface area contributed by atoms with E-state index in [-0.39, 0.29) is 5.82 Å². The van der Waals surface area contributed by atoms with Gasteiger partial charge in [0.15, 0.2) is 5.82 Å². The SMILES string of the molecule is COc1ccc(-c2ncc(CN3CCC(O)(c4ccccc4F)CC3)cn2)cc1. The van der Waals surface area contributed by atoms with Crippen molar-refractivity contribution in [2.24, 2.45) is 0 Å². The minimum absolute atomic E-state index is 0.342. The molecule has 0 atom stereocenters. The molecule has 1 aliphatic heterocycles. The van der Waals surface area contributed by atoms with E-state index in [1.165, 1.54) is 6.07 Å². The van der Waals surface area contributed by atoms with Gasteiger partial charge in [0.1, 0.15) is 11.6 Å².